The number of benzene rings is 2. The normalized spacial score (nSPS) is 13.2. The fourth-order valence-electron chi connectivity index (χ4n) is 1.89. The molecule has 0 radical (unpaired) electrons. The molecule has 2 aromatic rings. The smallest absolute Gasteiger partial charge is 0.368 e. The van der Waals surface area contributed by atoms with Crippen LogP contribution in [0.3, 0.4) is 0 Å². The second-order valence-electron chi connectivity index (χ2n) is 4.43. The molecule has 6 heteroatoms. The van der Waals surface area contributed by atoms with Gasteiger partial charge in [0.2, 0.25) is 0 Å². The molecule has 0 saturated heterocycles. The summed E-state index contributed by atoms with van der Waals surface area (Å²) in [6, 6.07) is 10.1. The van der Waals surface area contributed by atoms with Gasteiger partial charge in [0.25, 0.3) is 0 Å². The Balaban J connectivity index is 1.95. The summed E-state index contributed by atoms with van der Waals surface area (Å²) in [5.41, 5.74) is 8.69. The highest BCUT2D eigenvalue weighted by Crippen LogP contribution is 2.22. The van der Waals surface area contributed by atoms with E-state index in [2.05, 4.69) is 20.2 Å². The molecule has 1 heterocycles. The number of azo groups is 1. The molecule has 0 fully saturated rings. The number of fused-ring (bicyclic) bond motifs is 1. The van der Waals surface area contributed by atoms with Gasteiger partial charge >= 0.3 is 6.03 Å². The van der Waals surface area contributed by atoms with Gasteiger partial charge in [-0.1, -0.05) is 0 Å². The van der Waals surface area contributed by atoms with E-state index in [-0.39, 0.29) is 0 Å². The predicted molar refractivity (Wildman–Crippen MR) is 73.9 cm³/mol. The van der Waals surface area contributed by atoms with Crippen LogP contribution in [0.2, 0.25) is 0 Å². The third-order valence-electron chi connectivity index (χ3n) is 2.89. The van der Waals surface area contributed by atoms with Crippen molar-refractivity contribution in [3.8, 4) is 0 Å². The minimum atomic E-state index is -0.483. The highest BCUT2D eigenvalue weighted by molar-refractivity contribution is 5.77. The number of carbonyl (C=O) groups excluding carboxylic acids is 1. The summed E-state index contributed by atoms with van der Waals surface area (Å²) < 4.78 is 0. The molecular weight excluding hydrogens is 254 g/mol. The fraction of sp³-hybridized carbons (Fsp3) is 0.0714. The molecule has 20 heavy (non-hydrogen) atoms. The quantitative estimate of drug-likeness (QED) is 0.666. The highest BCUT2D eigenvalue weighted by Gasteiger charge is 2.05. The Kier molecular flexibility index (Phi) is 2.83. The second-order valence-corrected chi connectivity index (χ2v) is 4.43. The first kappa shape index (κ1) is 12.2. The molecule has 98 valence electrons. The minimum Gasteiger partial charge on any atom is -0.399 e. The van der Waals surface area contributed by atoms with Crippen LogP contribution in [0.15, 0.2) is 56.6 Å². The van der Waals surface area contributed by atoms with E-state index in [1.807, 2.05) is 19.1 Å². The molecule has 3 rings (SSSR count). The van der Waals surface area contributed by atoms with Gasteiger partial charge < -0.3 is 5.73 Å². The van der Waals surface area contributed by atoms with Gasteiger partial charge in [0.05, 0.1) is 22.1 Å². The van der Waals surface area contributed by atoms with Crippen LogP contribution in [0.5, 0.6) is 0 Å². The van der Waals surface area contributed by atoms with E-state index in [0.717, 1.165) is 11.3 Å². The first-order chi connectivity index (χ1) is 9.61. The minimum absolute atomic E-state index is 0.483. The molecule has 6 nitrogen and oxygen atoms in total. The van der Waals surface area contributed by atoms with Gasteiger partial charge in [-0.2, -0.15) is 20.2 Å². The lowest BCUT2D eigenvalue weighted by Crippen LogP contribution is -2.20. The zero-order valence-electron chi connectivity index (χ0n) is 10.7. The number of nitrogens with zero attached hydrogens (tertiary/aromatic N) is 4. The van der Waals surface area contributed by atoms with Crippen LogP contribution >= 0.6 is 0 Å². The Morgan fingerprint density at radius 2 is 1.80 bits per heavy atom. The van der Waals surface area contributed by atoms with Crippen LogP contribution in [0.25, 0.3) is 0 Å². The molecule has 1 aliphatic heterocycles. The molecule has 1 aliphatic rings. The zero-order chi connectivity index (χ0) is 14.1. The number of amides is 2. The monoisotopic (exact) mass is 265 g/mol. The average Bonchev–Trinajstić information content (AvgIpc) is 2.77. The number of rotatable bonds is 2. The maximum Gasteiger partial charge on any atom is 0.368 e. The van der Waals surface area contributed by atoms with Crippen LogP contribution in [-0.2, 0) is 0 Å². The molecule has 2 aromatic carbocycles. The predicted octanol–water partition coefficient (Wildman–Crippen LogP) is 2.37. The van der Waals surface area contributed by atoms with Crippen LogP contribution < -0.4 is 16.4 Å². The van der Waals surface area contributed by atoms with Crippen molar-refractivity contribution in [2.75, 3.05) is 5.73 Å². The van der Waals surface area contributed by atoms with Gasteiger partial charge in [-0.05, 0) is 48.9 Å². The maximum absolute atomic E-state index is 11.1. The van der Waals surface area contributed by atoms with Crippen molar-refractivity contribution >= 4 is 23.1 Å². The average molecular weight is 265 g/mol. The first-order valence-corrected chi connectivity index (χ1v) is 6.01. The largest absolute Gasteiger partial charge is 0.399 e. The van der Waals surface area contributed by atoms with Crippen molar-refractivity contribution in [2.24, 2.45) is 20.2 Å². The molecule has 0 atom stereocenters. The topological polar surface area (TPSA) is 92.5 Å². The molecule has 0 aliphatic carbocycles. The number of anilines is 1. The van der Waals surface area contributed by atoms with E-state index in [4.69, 9.17) is 5.73 Å². The van der Waals surface area contributed by atoms with Crippen LogP contribution in [0.1, 0.15) is 5.56 Å². The van der Waals surface area contributed by atoms with E-state index in [0.29, 0.717) is 22.1 Å². The Hall–Kier alpha value is -2.89. The Labute approximate surface area is 114 Å². The summed E-state index contributed by atoms with van der Waals surface area (Å²) in [7, 11) is 0. The summed E-state index contributed by atoms with van der Waals surface area (Å²) in [6.45, 7) is 1.92. The Morgan fingerprint density at radius 3 is 2.60 bits per heavy atom. The molecule has 0 saturated carbocycles. The van der Waals surface area contributed by atoms with Gasteiger partial charge in [0.1, 0.15) is 0 Å². The molecule has 2 N–H and O–H groups in total. The number of hydrogen-bond acceptors (Lipinski definition) is 4. The van der Waals surface area contributed by atoms with Gasteiger partial charge in [0, 0.05) is 5.69 Å². The number of nitrogens with two attached hydrogens (primary N) is 1. The number of aryl methyl sites for hydroxylation is 1. The molecule has 0 unspecified atom stereocenters. The van der Waals surface area contributed by atoms with Crippen molar-refractivity contribution in [2.45, 2.75) is 6.92 Å². The van der Waals surface area contributed by atoms with Crippen LogP contribution in [0.4, 0.5) is 21.9 Å². The molecular formula is C14H11N5O. The van der Waals surface area contributed by atoms with Gasteiger partial charge in [-0.3, -0.25) is 0 Å². The number of nitrogen functional groups attached to an aromatic ring is 1. The summed E-state index contributed by atoms with van der Waals surface area (Å²) in [6.07, 6.45) is 0. The number of carbonyl (C=O) groups is 1. The van der Waals surface area contributed by atoms with Gasteiger partial charge in [-0.15, -0.1) is 0 Å². The Morgan fingerprint density at radius 1 is 1.00 bits per heavy atom. The van der Waals surface area contributed by atoms with Crippen molar-refractivity contribution in [3.05, 3.63) is 52.7 Å². The molecule has 2 amide bonds. The van der Waals surface area contributed by atoms with E-state index in [9.17, 15) is 4.79 Å². The second kappa shape index (κ2) is 4.65. The summed E-state index contributed by atoms with van der Waals surface area (Å²) in [5.74, 6) is 0. The fourth-order valence-corrected chi connectivity index (χ4v) is 1.89. The third kappa shape index (κ3) is 2.31. The highest BCUT2D eigenvalue weighted by atomic mass is 16.2. The van der Waals surface area contributed by atoms with Crippen LogP contribution in [-0.4, -0.2) is 6.03 Å². The standard InChI is InChI=1S/C14H11N5O/c1-8-6-9(15)2-4-11(8)19-18-10-3-5-12-13(7-10)17-14(20)16-12/h2-7H,15H2,1H3. The van der Waals surface area contributed by atoms with E-state index in [1.165, 1.54) is 0 Å². The van der Waals surface area contributed by atoms with Gasteiger partial charge in [-0.25, -0.2) is 4.79 Å². The van der Waals surface area contributed by atoms with Crippen LogP contribution in [0, 0.1) is 6.92 Å². The molecule has 0 spiro atoms. The lowest BCUT2D eigenvalue weighted by Gasteiger charge is -1.99. The lowest BCUT2D eigenvalue weighted by molar-refractivity contribution is 0.256. The van der Waals surface area contributed by atoms with Crippen molar-refractivity contribution in [1.29, 1.82) is 0 Å². The zero-order valence-corrected chi connectivity index (χ0v) is 10.7. The first-order valence-electron chi connectivity index (χ1n) is 6.01. The third-order valence-corrected chi connectivity index (χ3v) is 2.89. The maximum atomic E-state index is 11.1. The van der Waals surface area contributed by atoms with E-state index >= 15 is 0 Å². The van der Waals surface area contributed by atoms with E-state index < -0.39 is 6.03 Å². The van der Waals surface area contributed by atoms with Gasteiger partial charge in [0.15, 0.2) is 0 Å². The van der Waals surface area contributed by atoms with Crippen molar-refractivity contribution < 1.29 is 4.79 Å². The summed E-state index contributed by atoms with van der Waals surface area (Å²) >= 11 is 0. The summed E-state index contributed by atoms with van der Waals surface area (Å²) in [5, 5.41) is 9.41. The summed E-state index contributed by atoms with van der Waals surface area (Å²) in [4.78, 5) is 18.6. The number of urea groups is 1. The lowest BCUT2D eigenvalue weighted by atomic mass is 10.2. The van der Waals surface area contributed by atoms with Crippen molar-refractivity contribution in [1.82, 2.24) is 0 Å². The van der Waals surface area contributed by atoms with Crippen molar-refractivity contribution in [3.63, 3.8) is 0 Å². The Bertz CT molecular complexity index is 854. The molecule has 0 bridgehead atoms. The SMILES string of the molecule is Cc1cc(N)ccc1N=Nc1ccc2c(c1)=NC(=O)N=2. The molecule has 0 aromatic heterocycles. The number of hydrogen-bond donors (Lipinski definition) is 1. The van der Waals surface area contributed by atoms with E-state index in [1.54, 1.807) is 24.3 Å².